The minimum absolute atomic E-state index is 0.210. The molecule has 1 aliphatic heterocycles. The molecule has 0 saturated carbocycles. The van der Waals surface area contributed by atoms with Crippen LogP contribution in [-0.2, 0) is 0 Å². The molecule has 0 fully saturated rings. The molecular formula is C17H12FN3O3. The van der Waals surface area contributed by atoms with Crippen LogP contribution in [0.5, 0.6) is 11.5 Å². The third-order valence-corrected chi connectivity index (χ3v) is 3.71. The van der Waals surface area contributed by atoms with Crippen molar-refractivity contribution in [2.75, 3.05) is 6.79 Å². The highest BCUT2D eigenvalue weighted by Crippen LogP contribution is 2.33. The van der Waals surface area contributed by atoms with E-state index in [1.54, 1.807) is 12.1 Å². The molecule has 0 saturated heterocycles. The van der Waals surface area contributed by atoms with Crippen LogP contribution in [0, 0.1) is 5.82 Å². The van der Waals surface area contributed by atoms with Crippen LogP contribution in [0.3, 0.4) is 0 Å². The van der Waals surface area contributed by atoms with Gasteiger partial charge in [-0.3, -0.25) is 0 Å². The lowest BCUT2D eigenvalue weighted by Gasteiger charge is -1.97. The van der Waals surface area contributed by atoms with E-state index in [0.29, 0.717) is 28.1 Å². The van der Waals surface area contributed by atoms with E-state index in [1.165, 1.54) is 12.1 Å². The summed E-state index contributed by atoms with van der Waals surface area (Å²) in [7, 11) is 0. The average molecular weight is 325 g/mol. The number of halogens is 1. The number of carbonyl (C=O) groups excluding carboxylic acids is 1. The van der Waals surface area contributed by atoms with E-state index >= 15 is 0 Å². The molecule has 6 nitrogen and oxygen atoms in total. The first-order chi connectivity index (χ1) is 11.6. The van der Waals surface area contributed by atoms with E-state index in [-0.39, 0.29) is 6.79 Å². The van der Waals surface area contributed by atoms with Crippen LogP contribution < -0.4 is 15.2 Å². The predicted octanol–water partition coefficient (Wildman–Crippen LogP) is 3.00. The Bertz CT molecular complexity index is 994. The zero-order valence-electron chi connectivity index (χ0n) is 12.4. The molecule has 1 aromatic heterocycles. The van der Waals surface area contributed by atoms with Crippen molar-refractivity contribution in [3.8, 4) is 11.5 Å². The Kier molecular flexibility index (Phi) is 3.19. The van der Waals surface area contributed by atoms with Crippen molar-refractivity contribution in [2.24, 2.45) is 5.73 Å². The summed E-state index contributed by atoms with van der Waals surface area (Å²) in [4.78, 5) is 11.5. The van der Waals surface area contributed by atoms with Gasteiger partial charge in [0, 0.05) is 11.5 Å². The number of aromatic nitrogens is 2. The van der Waals surface area contributed by atoms with Gasteiger partial charge in [-0.1, -0.05) is 12.1 Å². The van der Waals surface area contributed by atoms with Gasteiger partial charge in [0.2, 0.25) is 6.79 Å². The van der Waals surface area contributed by atoms with Crippen LogP contribution in [0.15, 0.2) is 36.4 Å². The molecule has 2 N–H and O–H groups in total. The zero-order valence-corrected chi connectivity index (χ0v) is 12.4. The molecular weight excluding hydrogens is 313 g/mol. The summed E-state index contributed by atoms with van der Waals surface area (Å²) in [5.74, 6) is 0.911. The summed E-state index contributed by atoms with van der Waals surface area (Å²) < 4.78 is 25.0. The number of hydrogen-bond donors (Lipinski definition) is 1. The maximum atomic E-state index is 13.4. The minimum atomic E-state index is -0.770. The molecule has 1 aliphatic rings. The molecule has 120 valence electrons. The van der Waals surface area contributed by atoms with Crippen molar-refractivity contribution in [3.05, 3.63) is 53.5 Å². The van der Waals surface area contributed by atoms with Crippen molar-refractivity contribution in [3.63, 3.8) is 0 Å². The Balaban J connectivity index is 1.75. The number of nitrogens with zero attached hydrogens (tertiary/aromatic N) is 2. The van der Waals surface area contributed by atoms with Gasteiger partial charge in [0.05, 0.1) is 11.2 Å². The van der Waals surface area contributed by atoms with Crippen LogP contribution in [-0.4, -0.2) is 22.6 Å². The van der Waals surface area contributed by atoms with Crippen molar-refractivity contribution < 1.29 is 18.7 Å². The summed E-state index contributed by atoms with van der Waals surface area (Å²) in [5.41, 5.74) is 7.02. The van der Waals surface area contributed by atoms with Gasteiger partial charge in [0.15, 0.2) is 11.5 Å². The molecule has 1 amide bonds. The molecule has 2 heterocycles. The van der Waals surface area contributed by atoms with Crippen molar-refractivity contribution >= 4 is 29.1 Å². The van der Waals surface area contributed by atoms with Gasteiger partial charge in [-0.2, -0.15) is 9.78 Å². The third kappa shape index (κ3) is 2.36. The standard InChI is InChI=1S/C17H12FN3O3/c18-11-3-4-12-13(20-21(17(19)22)14(12)8-11)5-1-10-2-6-15-16(7-10)24-9-23-15/h1-8H,9H2,(H2,19,22)/b5-1+. The number of primary amides is 1. The highest BCUT2D eigenvalue weighted by Gasteiger charge is 2.14. The van der Waals surface area contributed by atoms with Gasteiger partial charge in [0.25, 0.3) is 0 Å². The largest absolute Gasteiger partial charge is 0.454 e. The van der Waals surface area contributed by atoms with Gasteiger partial charge < -0.3 is 15.2 Å². The molecule has 3 aromatic rings. The van der Waals surface area contributed by atoms with Crippen LogP contribution in [0.25, 0.3) is 23.1 Å². The summed E-state index contributed by atoms with van der Waals surface area (Å²) in [6.07, 6.45) is 3.55. The SMILES string of the molecule is NC(=O)n1nc(/C=C/c2ccc3c(c2)OCO3)c2ccc(F)cc21. The highest BCUT2D eigenvalue weighted by atomic mass is 19.1. The van der Waals surface area contributed by atoms with E-state index in [2.05, 4.69) is 5.10 Å². The topological polar surface area (TPSA) is 79.4 Å². The van der Waals surface area contributed by atoms with E-state index in [0.717, 1.165) is 10.2 Å². The second-order valence-corrected chi connectivity index (χ2v) is 5.24. The second-order valence-electron chi connectivity index (χ2n) is 5.24. The number of benzene rings is 2. The first-order valence-corrected chi connectivity index (χ1v) is 7.17. The van der Waals surface area contributed by atoms with Crippen LogP contribution in [0.2, 0.25) is 0 Å². The molecule has 0 radical (unpaired) electrons. The summed E-state index contributed by atoms with van der Waals surface area (Å²) >= 11 is 0. The van der Waals surface area contributed by atoms with Crippen LogP contribution >= 0.6 is 0 Å². The van der Waals surface area contributed by atoms with Crippen molar-refractivity contribution in [1.29, 1.82) is 0 Å². The van der Waals surface area contributed by atoms with Gasteiger partial charge in [-0.15, -0.1) is 0 Å². The molecule has 0 spiro atoms. The minimum Gasteiger partial charge on any atom is -0.454 e. The third-order valence-electron chi connectivity index (χ3n) is 3.71. The molecule has 24 heavy (non-hydrogen) atoms. The van der Waals surface area contributed by atoms with Gasteiger partial charge >= 0.3 is 6.03 Å². The number of amides is 1. The lowest BCUT2D eigenvalue weighted by Crippen LogP contribution is -2.20. The smallest absolute Gasteiger partial charge is 0.340 e. The number of carbonyl (C=O) groups is 1. The second kappa shape index (κ2) is 5.38. The molecule has 0 unspecified atom stereocenters. The molecule has 7 heteroatoms. The maximum absolute atomic E-state index is 13.4. The Labute approximate surface area is 135 Å². The fraction of sp³-hybridized carbons (Fsp3) is 0.0588. The quantitative estimate of drug-likeness (QED) is 0.785. The fourth-order valence-corrected chi connectivity index (χ4v) is 2.60. The normalized spacial score (nSPS) is 13.0. The molecule has 0 bridgehead atoms. The Morgan fingerprint density at radius 3 is 2.83 bits per heavy atom. The van der Waals surface area contributed by atoms with Crippen LogP contribution in [0.4, 0.5) is 9.18 Å². The summed E-state index contributed by atoms with van der Waals surface area (Å²) in [6, 6.07) is 8.86. The van der Waals surface area contributed by atoms with E-state index < -0.39 is 11.8 Å². The Morgan fingerprint density at radius 2 is 2.00 bits per heavy atom. The first kappa shape index (κ1) is 14.3. The molecule has 0 aliphatic carbocycles. The lowest BCUT2D eigenvalue weighted by atomic mass is 10.1. The van der Waals surface area contributed by atoms with Gasteiger partial charge in [-0.05, 0) is 35.9 Å². The van der Waals surface area contributed by atoms with Crippen molar-refractivity contribution in [1.82, 2.24) is 9.78 Å². The fourth-order valence-electron chi connectivity index (χ4n) is 2.60. The lowest BCUT2D eigenvalue weighted by molar-refractivity contribution is 0.174. The first-order valence-electron chi connectivity index (χ1n) is 7.17. The Hall–Kier alpha value is -3.35. The number of fused-ring (bicyclic) bond motifs is 2. The maximum Gasteiger partial charge on any atom is 0.340 e. The summed E-state index contributed by atoms with van der Waals surface area (Å²) in [5, 5.41) is 4.78. The van der Waals surface area contributed by atoms with Gasteiger partial charge in [0.1, 0.15) is 5.82 Å². The Morgan fingerprint density at radius 1 is 1.17 bits per heavy atom. The van der Waals surface area contributed by atoms with Gasteiger partial charge in [-0.25, -0.2) is 9.18 Å². The molecule has 4 rings (SSSR count). The van der Waals surface area contributed by atoms with E-state index in [1.807, 2.05) is 24.3 Å². The number of nitrogens with two attached hydrogens (primary N) is 1. The highest BCUT2D eigenvalue weighted by molar-refractivity contribution is 5.95. The van der Waals surface area contributed by atoms with Crippen LogP contribution in [0.1, 0.15) is 11.3 Å². The molecule has 0 atom stereocenters. The number of rotatable bonds is 2. The average Bonchev–Trinajstić information content (AvgIpc) is 3.16. The molecule has 2 aromatic carbocycles. The monoisotopic (exact) mass is 325 g/mol. The van der Waals surface area contributed by atoms with E-state index in [4.69, 9.17) is 15.2 Å². The zero-order chi connectivity index (χ0) is 16.7. The summed E-state index contributed by atoms with van der Waals surface area (Å²) in [6.45, 7) is 0.210. The van der Waals surface area contributed by atoms with Crippen molar-refractivity contribution in [2.45, 2.75) is 0 Å². The predicted molar refractivity (Wildman–Crippen MR) is 86.2 cm³/mol. The number of ether oxygens (including phenoxy) is 2. The van der Waals surface area contributed by atoms with E-state index in [9.17, 15) is 9.18 Å². The number of hydrogen-bond acceptors (Lipinski definition) is 4.